The second-order valence-corrected chi connectivity index (χ2v) is 10.5. The van der Waals surface area contributed by atoms with E-state index in [0.717, 1.165) is 53.8 Å². The Balaban J connectivity index is 1.35. The highest BCUT2D eigenvalue weighted by molar-refractivity contribution is 5.91. The Bertz CT molecular complexity index is 1190. The smallest absolute Gasteiger partial charge is 0.407 e. The molecule has 1 aliphatic heterocycles. The van der Waals surface area contributed by atoms with Crippen LogP contribution in [0.2, 0.25) is 0 Å². The standard InChI is InChI=1S/C29H37N3O4/c1-29(2,3)36-28(34)30-19-20-15-17-32(18-16-20)26(33)14-13-24-23-7-5-6-8-25(23)31-27(24)21-9-11-22(35-4)12-10-21/h5-12,20,31H,13-19H2,1-4H3,(H,30,34). The molecule has 4 rings (SSSR count). The van der Waals surface area contributed by atoms with Crippen molar-refractivity contribution in [2.24, 2.45) is 5.92 Å². The quantitative estimate of drug-likeness (QED) is 0.455. The van der Waals surface area contributed by atoms with Gasteiger partial charge in [0.25, 0.3) is 0 Å². The number of hydrogen-bond acceptors (Lipinski definition) is 4. The molecule has 2 amide bonds. The molecule has 0 atom stereocenters. The van der Waals surface area contributed by atoms with Crippen LogP contribution in [0.25, 0.3) is 22.2 Å². The van der Waals surface area contributed by atoms with Crippen LogP contribution in [0.15, 0.2) is 48.5 Å². The summed E-state index contributed by atoms with van der Waals surface area (Å²) in [6, 6.07) is 16.2. The van der Waals surface area contributed by atoms with Gasteiger partial charge in [0.15, 0.2) is 0 Å². The molecule has 7 heteroatoms. The van der Waals surface area contributed by atoms with Gasteiger partial charge in [-0.3, -0.25) is 4.79 Å². The summed E-state index contributed by atoms with van der Waals surface area (Å²) in [5.74, 6) is 1.35. The van der Waals surface area contributed by atoms with Gasteiger partial charge in [-0.05, 0) is 87.4 Å². The predicted molar refractivity (Wildman–Crippen MR) is 142 cm³/mol. The van der Waals surface area contributed by atoms with Gasteiger partial charge in [-0.25, -0.2) is 4.79 Å². The fraction of sp³-hybridized carbons (Fsp3) is 0.448. The molecule has 0 aliphatic carbocycles. The van der Waals surface area contributed by atoms with Crippen molar-refractivity contribution < 1.29 is 19.1 Å². The number of alkyl carbamates (subject to hydrolysis) is 1. The lowest BCUT2D eigenvalue weighted by atomic mass is 9.96. The van der Waals surface area contributed by atoms with Gasteiger partial charge in [0.1, 0.15) is 11.4 Å². The van der Waals surface area contributed by atoms with Crippen LogP contribution in [0.1, 0.15) is 45.6 Å². The van der Waals surface area contributed by atoms with Crippen molar-refractivity contribution in [3.8, 4) is 17.0 Å². The van der Waals surface area contributed by atoms with Gasteiger partial charge in [-0.2, -0.15) is 0 Å². The lowest BCUT2D eigenvalue weighted by Gasteiger charge is -2.32. The number of fused-ring (bicyclic) bond motifs is 1. The van der Waals surface area contributed by atoms with E-state index in [1.165, 1.54) is 5.56 Å². The molecule has 1 saturated heterocycles. The number of aryl methyl sites for hydroxylation is 1. The largest absolute Gasteiger partial charge is 0.497 e. The lowest BCUT2D eigenvalue weighted by Crippen LogP contribution is -2.42. The summed E-state index contributed by atoms with van der Waals surface area (Å²) in [5, 5.41) is 4.02. The van der Waals surface area contributed by atoms with E-state index in [-0.39, 0.29) is 12.0 Å². The first kappa shape index (κ1) is 25.6. The number of rotatable bonds is 7. The second-order valence-electron chi connectivity index (χ2n) is 10.5. The monoisotopic (exact) mass is 491 g/mol. The van der Waals surface area contributed by atoms with Crippen molar-refractivity contribution in [2.75, 3.05) is 26.7 Å². The first-order chi connectivity index (χ1) is 17.2. The number of para-hydroxylation sites is 1. The van der Waals surface area contributed by atoms with Crippen LogP contribution in [0.3, 0.4) is 0 Å². The normalized spacial score (nSPS) is 14.6. The number of nitrogens with zero attached hydrogens (tertiary/aromatic N) is 1. The second kappa shape index (κ2) is 11.1. The fourth-order valence-electron chi connectivity index (χ4n) is 4.78. The van der Waals surface area contributed by atoms with Crippen molar-refractivity contribution in [2.45, 2.75) is 52.1 Å². The van der Waals surface area contributed by atoms with Crippen LogP contribution >= 0.6 is 0 Å². The molecule has 1 aliphatic rings. The van der Waals surface area contributed by atoms with Crippen molar-refractivity contribution in [3.63, 3.8) is 0 Å². The van der Waals surface area contributed by atoms with Crippen LogP contribution in [0.4, 0.5) is 4.79 Å². The fourth-order valence-corrected chi connectivity index (χ4v) is 4.78. The van der Waals surface area contributed by atoms with Gasteiger partial charge >= 0.3 is 6.09 Å². The lowest BCUT2D eigenvalue weighted by molar-refractivity contribution is -0.132. The number of H-pyrrole nitrogens is 1. The molecule has 7 nitrogen and oxygen atoms in total. The average Bonchev–Trinajstić information content (AvgIpc) is 3.24. The minimum absolute atomic E-state index is 0.180. The maximum absolute atomic E-state index is 13.1. The Labute approximate surface area is 213 Å². The van der Waals surface area contributed by atoms with Crippen molar-refractivity contribution in [3.05, 3.63) is 54.1 Å². The zero-order chi connectivity index (χ0) is 25.7. The Morgan fingerprint density at radius 2 is 1.75 bits per heavy atom. The van der Waals surface area contributed by atoms with E-state index in [4.69, 9.17) is 9.47 Å². The molecule has 2 aromatic carbocycles. The van der Waals surface area contributed by atoms with E-state index >= 15 is 0 Å². The van der Waals surface area contributed by atoms with E-state index in [1.807, 2.05) is 62.1 Å². The number of piperidine rings is 1. The predicted octanol–water partition coefficient (Wildman–Crippen LogP) is 5.54. The molecule has 3 aromatic rings. The van der Waals surface area contributed by atoms with Crippen molar-refractivity contribution in [1.82, 2.24) is 15.2 Å². The highest BCUT2D eigenvalue weighted by atomic mass is 16.6. The maximum atomic E-state index is 13.1. The summed E-state index contributed by atoms with van der Waals surface area (Å²) < 4.78 is 10.6. The Morgan fingerprint density at radius 1 is 1.06 bits per heavy atom. The topological polar surface area (TPSA) is 83.7 Å². The molecule has 0 bridgehead atoms. The number of likely N-dealkylation sites (tertiary alicyclic amines) is 1. The Hall–Kier alpha value is -3.48. The third kappa shape index (κ3) is 6.39. The number of methoxy groups -OCH3 is 1. The first-order valence-electron chi connectivity index (χ1n) is 12.7. The minimum Gasteiger partial charge on any atom is -0.497 e. The highest BCUT2D eigenvalue weighted by Crippen LogP contribution is 2.32. The molecule has 0 spiro atoms. The molecular formula is C29H37N3O4. The molecule has 0 unspecified atom stereocenters. The van der Waals surface area contributed by atoms with E-state index < -0.39 is 5.60 Å². The maximum Gasteiger partial charge on any atom is 0.407 e. The summed E-state index contributed by atoms with van der Waals surface area (Å²) in [5.41, 5.74) is 3.87. The molecule has 2 heterocycles. The zero-order valence-corrected chi connectivity index (χ0v) is 21.7. The summed E-state index contributed by atoms with van der Waals surface area (Å²) in [6.07, 6.45) is 2.51. The summed E-state index contributed by atoms with van der Waals surface area (Å²) in [4.78, 5) is 30.5. The van der Waals surface area contributed by atoms with E-state index in [1.54, 1.807) is 7.11 Å². The van der Waals surface area contributed by atoms with E-state index in [9.17, 15) is 9.59 Å². The number of amides is 2. The molecule has 1 fully saturated rings. The number of nitrogens with one attached hydrogen (secondary N) is 2. The van der Waals surface area contributed by atoms with Crippen molar-refractivity contribution >= 4 is 22.9 Å². The number of aromatic nitrogens is 1. The number of ether oxygens (including phenoxy) is 2. The SMILES string of the molecule is COc1ccc(-c2[nH]c3ccccc3c2CCC(=O)N2CCC(CNC(=O)OC(C)(C)C)CC2)cc1. The third-order valence-electron chi connectivity index (χ3n) is 6.68. The molecule has 0 radical (unpaired) electrons. The third-order valence-corrected chi connectivity index (χ3v) is 6.68. The molecule has 2 N–H and O–H groups in total. The van der Waals surface area contributed by atoms with Gasteiger partial charge in [0.2, 0.25) is 5.91 Å². The van der Waals surface area contributed by atoms with Crippen LogP contribution in [-0.2, 0) is 16.0 Å². The number of hydrogen-bond donors (Lipinski definition) is 2. The van der Waals surface area contributed by atoms with Crippen molar-refractivity contribution in [1.29, 1.82) is 0 Å². The molecule has 36 heavy (non-hydrogen) atoms. The van der Waals surface area contributed by atoms with E-state index in [0.29, 0.717) is 25.3 Å². The molecule has 0 saturated carbocycles. The highest BCUT2D eigenvalue weighted by Gasteiger charge is 2.24. The van der Waals surface area contributed by atoms with Gasteiger partial charge in [0, 0.05) is 42.7 Å². The first-order valence-corrected chi connectivity index (χ1v) is 12.7. The number of carbonyl (C=O) groups excluding carboxylic acids is 2. The molecule has 1 aromatic heterocycles. The van der Waals surface area contributed by atoms with Gasteiger partial charge < -0.3 is 24.7 Å². The average molecular weight is 492 g/mol. The van der Waals surface area contributed by atoms with E-state index in [2.05, 4.69) is 22.4 Å². The molecule has 192 valence electrons. The number of carbonyl (C=O) groups is 2. The van der Waals surface area contributed by atoms with Gasteiger partial charge in [0.05, 0.1) is 7.11 Å². The minimum atomic E-state index is -0.502. The van der Waals surface area contributed by atoms with Crippen LogP contribution in [0, 0.1) is 5.92 Å². The summed E-state index contributed by atoms with van der Waals surface area (Å²) in [7, 11) is 1.66. The van der Waals surface area contributed by atoms with Crippen LogP contribution in [-0.4, -0.2) is 54.2 Å². The number of benzene rings is 2. The zero-order valence-electron chi connectivity index (χ0n) is 21.7. The number of aromatic amines is 1. The van der Waals surface area contributed by atoms with Gasteiger partial charge in [-0.15, -0.1) is 0 Å². The Kier molecular flexibility index (Phi) is 7.87. The van der Waals surface area contributed by atoms with Crippen LogP contribution < -0.4 is 10.1 Å². The Morgan fingerprint density at radius 3 is 2.42 bits per heavy atom. The summed E-state index contributed by atoms with van der Waals surface area (Å²) >= 11 is 0. The van der Waals surface area contributed by atoms with Crippen LogP contribution in [0.5, 0.6) is 5.75 Å². The summed E-state index contributed by atoms with van der Waals surface area (Å²) in [6.45, 7) is 7.59. The molecular weight excluding hydrogens is 454 g/mol. The van der Waals surface area contributed by atoms with Gasteiger partial charge in [-0.1, -0.05) is 18.2 Å².